The maximum atomic E-state index is 11.2. The van der Waals surface area contributed by atoms with Crippen molar-refractivity contribution in [3.63, 3.8) is 0 Å². The van der Waals surface area contributed by atoms with Crippen LogP contribution in [0.5, 0.6) is 5.75 Å². The summed E-state index contributed by atoms with van der Waals surface area (Å²) in [6, 6.07) is 44.8. The number of hydrogen-bond acceptors (Lipinski definition) is 3. The Morgan fingerprint density at radius 3 is 1.96 bits per heavy atom. The summed E-state index contributed by atoms with van der Waals surface area (Å²) in [5.74, 6) is 1.47. The molecule has 0 saturated carbocycles. The fraction of sp³-hybridized carbons (Fsp3) is 0.143. The average Bonchev–Trinajstić information content (AvgIpc) is 3.48. The Balaban J connectivity index is 0.00000386. The molecule has 0 spiro atoms. The minimum Gasteiger partial charge on any atom is -0.507 e. The van der Waals surface area contributed by atoms with Gasteiger partial charge in [-0.05, 0) is 52.8 Å². The predicted octanol–water partition coefficient (Wildman–Crippen LogP) is 10.8. The van der Waals surface area contributed by atoms with Crippen LogP contribution < -0.4 is 0 Å². The third-order valence-corrected chi connectivity index (χ3v) is 8.60. The molecule has 2 heterocycles. The molecule has 0 atom stereocenters. The van der Waals surface area contributed by atoms with Crippen LogP contribution in [0.25, 0.3) is 61.6 Å². The summed E-state index contributed by atoms with van der Waals surface area (Å²) in [5, 5.41) is 11.2. The number of benzene rings is 5. The van der Waals surface area contributed by atoms with Gasteiger partial charge < -0.3 is 5.11 Å². The molecule has 0 amide bonds. The number of nitrogens with zero attached hydrogens (tertiary/aromatic N) is 3. The number of fused-ring (bicyclic) bond motifs is 1. The number of para-hydroxylation sites is 3. The molecule has 0 bridgehead atoms. The molecule has 0 radical (unpaired) electrons. The third-order valence-electron chi connectivity index (χ3n) is 8.60. The SMILES string of the molecule is CC(C)c1cccc(C(C)C)c1-n1c(-c2ccccc2O)nc2c(-c3[c-]c(-c4ccccn4)cc(-c4ccccc4)c3)cccc21.[Pt]. The van der Waals surface area contributed by atoms with E-state index in [0.29, 0.717) is 11.4 Å². The molecule has 5 heteroatoms. The van der Waals surface area contributed by atoms with E-state index in [0.717, 1.165) is 50.2 Å². The summed E-state index contributed by atoms with van der Waals surface area (Å²) >= 11 is 0. The van der Waals surface area contributed by atoms with Crippen molar-refractivity contribution in [3.05, 3.63) is 145 Å². The fourth-order valence-electron chi connectivity index (χ4n) is 6.33. The molecule has 0 unspecified atom stereocenters. The van der Waals surface area contributed by atoms with Gasteiger partial charge in [0.05, 0.1) is 22.3 Å². The molecule has 7 rings (SSSR count). The Kier molecular flexibility index (Phi) is 9.25. The molecule has 7 aromatic rings. The smallest absolute Gasteiger partial charge is 0.148 e. The van der Waals surface area contributed by atoms with Gasteiger partial charge in [0.1, 0.15) is 11.6 Å². The van der Waals surface area contributed by atoms with Crippen LogP contribution in [0.4, 0.5) is 0 Å². The predicted molar refractivity (Wildman–Crippen MR) is 189 cm³/mol. The second-order valence-electron chi connectivity index (χ2n) is 12.3. The maximum Gasteiger partial charge on any atom is 0.148 e. The van der Waals surface area contributed by atoms with Gasteiger partial charge in [-0.3, -0.25) is 9.55 Å². The van der Waals surface area contributed by atoms with E-state index in [1.807, 2.05) is 48.7 Å². The van der Waals surface area contributed by atoms with Crippen molar-refractivity contribution < 1.29 is 26.2 Å². The van der Waals surface area contributed by atoms with Crippen molar-refractivity contribution >= 4 is 11.0 Å². The number of phenols is 1. The van der Waals surface area contributed by atoms with Crippen LogP contribution in [0, 0.1) is 6.07 Å². The van der Waals surface area contributed by atoms with Crippen molar-refractivity contribution in [2.24, 2.45) is 0 Å². The maximum absolute atomic E-state index is 11.2. The van der Waals surface area contributed by atoms with Crippen LogP contribution in [0.2, 0.25) is 0 Å². The number of rotatable bonds is 7. The standard InChI is InChI=1S/C42H36N3O.Pt/c1-27(2)33-17-12-18-34(28(3)4)41(33)45-38-21-13-19-35(40(38)44-42(45)36-16-8-9-22-39(36)46)31-24-30(29-14-6-5-7-15-29)25-32(26-31)37-20-10-11-23-43-37;/h5-25,27-28,46H,1-4H3;/q-1;. The number of aromatic hydroxyl groups is 1. The first-order valence-electron chi connectivity index (χ1n) is 15.9. The van der Waals surface area contributed by atoms with E-state index in [1.165, 1.54) is 11.1 Å². The first kappa shape index (κ1) is 32.2. The summed E-state index contributed by atoms with van der Waals surface area (Å²) in [6.07, 6.45) is 1.82. The topological polar surface area (TPSA) is 50.9 Å². The monoisotopic (exact) mass is 793 g/mol. The summed E-state index contributed by atoms with van der Waals surface area (Å²) in [7, 11) is 0. The minimum atomic E-state index is 0. The van der Waals surface area contributed by atoms with Gasteiger partial charge in [-0.2, -0.15) is 0 Å². The zero-order chi connectivity index (χ0) is 31.8. The van der Waals surface area contributed by atoms with E-state index in [2.05, 4.69) is 116 Å². The third kappa shape index (κ3) is 6.06. The zero-order valence-electron chi connectivity index (χ0n) is 26.9. The van der Waals surface area contributed by atoms with Crippen LogP contribution in [-0.2, 0) is 21.1 Å². The Hall–Kier alpha value is -4.79. The number of phenolic OH excluding ortho intramolecular Hbond substituents is 1. The first-order chi connectivity index (χ1) is 22.4. The summed E-state index contributed by atoms with van der Waals surface area (Å²) in [4.78, 5) is 10.0. The molecule has 4 nitrogen and oxygen atoms in total. The van der Waals surface area contributed by atoms with Crippen molar-refractivity contribution in [1.29, 1.82) is 0 Å². The molecule has 2 aromatic heterocycles. The van der Waals surface area contributed by atoms with Gasteiger partial charge in [0.15, 0.2) is 0 Å². The number of imidazole rings is 1. The quantitative estimate of drug-likeness (QED) is 0.164. The molecule has 0 fully saturated rings. The van der Waals surface area contributed by atoms with E-state index in [9.17, 15) is 5.11 Å². The van der Waals surface area contributed by atoms with Crippen LogP contribution in [-0.4, -0.2) is 19.6 Å². The van der Waals surface area contributed by atoms with E-state index in [1.54, 1.807) is 6.07 Å². The van der Waals surface area contributed by atoms with Crippen LogP contribution in [0.15, 0.2) is 128 Å². The second kappa shape index (κ2) is 13.5. The molecular formula is C42H36N3OPt-. The summed E-state index contributed by atoms with van der Waals surface area (Å²) < 4.78 is 2.26. The molecule has 1 N–H and O–H groups in total. The van der Waals surface area contributed by atoms with Crippen LogP contribution in [0.3, 0.4) is 0 Å². The minimum absolute atomic E-state index is 0. The normalized spacial score (nSPS) is 11.3. The van der Waals surface area contributed by atoms with Crippen molar-refractivity contribution in [1.82, 2.24) is 14.5 Å². The van der Waals surface area contributed by atoms with Gasteiger partial charge in [-0.15, -0.1) is 23.8 Å². The molecule has 236 valence electrons. The second-order valence-corrected chi connectivity index (χ2v) is 12.3. The van der Waals surface area contributed by atoms with Gasteiger partial charge in [0, 0.05) is 33.0 Å². The average molecular weight is 794 g/mol. The van der Waals surface area contributed by atoms with Crippen molar-refractivity contribution in [3.8, 4) is 56.3 Å². The molecule has 0 aliphatic carbocycles. The largest absolute Gasteiger partial charge is 0.507 e. The Morgan fingerprint density at radius 2 is 1.28 bits per heavy atom. The van der Waals surface area contributed by atoms with Gasteiger partial charge in [0.25, 0.3) is 0 Å². The molecular weight excluding hydrogens is 758 g/mol. The molecule has 5 aromatic carbocycles. The van der Waals surface area contributed by atoms with Crippen molar-refractivity contribution in [2.45, 2.75) is 39.5 Å². The van der Waals surface area contributed by atoms with Gasteiger partial charge in [-0.25, -0.2) is 4.98 Å². The van der Waals surface area contributed by atoms with Gasteiger partial charge in [-0.1, -0.05) is 129 Å². The molecule has 0 saturated heterocycles. The van der Waals surface area contributed by atoms with E-state index < -0.39 is 0 Å². The van der Waals surface area contributed by atoms with Crippen LogP contribution >= 0.6 is 0 Å². The Bertz CT molecular complexity index is 2080. The first-order valence-corrected chi connectivity index (χ1v) is 15.9. The van der Waals surface area contributed by atoms with Gasteiger partial charge >= 0.3 is 0 Å². The number of pyridine rings is 1. The Morgan fingerprint density at radius 1 is 0.638 bits per heavy atom. The van der Waals surface area contributed by atoms with E-state index in [4.69, 9.17) is 4.98 Å². The van der Waals surface area contributed by atoms with E-state index in [-0.39, 0.29) is 38.7 Å². The summed E-state index contributed by atoms with van der Waals surface area (Å²) in [6.45, 7) is 8.93. The van der Waals surface area contributed by atoms with Crippen LogP contribution in [0.1, 0.15) is 50.7 Å². The summed E-state index contributed by atoms with van der Waals surface area (Å²) in [5.41, 5.74) is 12.0. The number of hydrogen-bond donors (Lipinski definition) is 1. The molecule has 0 aliphatic rings. The molecule has 47 heavy (non-hydrogen) atoms. The van der Waals surface area contributed by atoms with Gasteiger partial charge in [0.2, 0.25) is 0 Å². The fourth-order valence-corrected chi connectivity index (χ4v) is 6.33. The zero-order valence-corrected chi connectivity index (χ0v) is 29.2. The Labute approximate surface area is 291 Å². The van der Waals surface area contributed by atoms with Crippen molar-refractivity contribution in [2.75, 3.05) is 0 Å². The number of aromatic nitrogens is 3. The van der Waals surface area contributed by atoms with E-state index >= 15 is 0 Å². The molecule has 0 aliphatic heterocycles.